The van der Waals surface area contributed by atoms with Crippen molar-refractivity contribution in [3.05, 3.63) is 40.9 Å². The number of piperidine rings is 1. The van der Waals surface area contributed by atoms with E-state index < -0.39 is 0 Å². The molecule has 2 heterocycles. The molecule has 21 heavy (non-hydrogen) atoms. The quantitative estimate of drug-likeness (QED) is 0.911. The Labute approximate surface area is 129 Å². The number of anilines is 2. The molecule has 0 saturated carbocycles. The summed E-state index contributed by atoms with van der Waals surface area (Å²) in [6.45, 7) is 4.23. The fourth-order valence-electron chi connectivity index (χ4n) is 2.70. The molecule has 3 rings (SSSR count). The van der Waals surface area contributed by atoms with Gasteiger partial charge in [-0.25, -0.2) is 4.98 Å². The number of aromatic nitrogens is 1. The van der Waals surface area contributed by atoms with Gasteiger partial charge in [0.15, 0.2) is 5.13 Å². The Kier molecular flexibility index (Phi) is 4.41. The van der Waals surface area contributed by atoms with Crippen LogP contribution in [0.5, 0.6) is 0 Å². The third kappa shape index (κ3) is 3.54. The maximum atomic E-state index is 9.19. The van der Waals surface area contributed by atoms with Gasteiger partial charge < -0.3 is 15.3 Å². The number of benzene rings is 1. The Morgan fingerprint density at radius 2 is 2.19 bits per heavy atom. The fourth-order valence-corrected chi connectivity index (χ4v) is 3.55. The number of aryl methyl sites for hydroxylation is 1. The van der Waals surface area contributed by atoms with Crippen LogP contribution >= 0.6 is 11.3 Å². The summed E-state index contributed by atoms with van der Waals surface area (Å²) in [5.74, 6) is 0. The van der Waals surface area contributed by atoms with E-state index in [1.807, 2.05) is 25.1 Å². The molecule has 0 spiro atoms. The van der Waals surface area contributed by atoms with Gasteiger partial charge in [-0.1, -0.05) is 12.1 Å². The van der Waals surface area contributed by atoms with Gasteiger partial charge in [0, 0.05) is 30.2 Å². The summed E-state index contributed by atoms with van der Waals surface area (Å²) in [6, 6.07) is 8.52. The molecule has 0 atom stereocenters. The first kappa shape index (κ1) is 14.4. The molecular weight excluding hydrogens is 282 g/mol. The second-order valence-corrected chi connectivity index (χ2v) is 6.37. The molecule has 1 aromatic carbocycles. The Morgan fingerprint density at radius 1 is 1.38 bits per heavy atom. The van der Waals surface area contributed by atoms with E-state index in [9.17, 15) is 5.11 Å². The predicted molar refractivity (Wildman–Crippen MR) is 88.1 cm³/mol. The Balaban J connectivity index is 1.56. The molecule has 0 bridgehead atoms. The molecule has 0 unspecified atom stereocenters. The van der Waals surface area contributed by atoms with Crippen molar-refractivity contribution in [2.45, 2.75) is 32.4 Å². The molecule has 0 amide bonds. The summed E-state index contributed by atoms with van der Waals surface area (Å²) in [4.78, 5) is 6.94. The number of hydrogen-bond acceptors (Lipinski definition) is 5. The third-order valence-electron chi connectivity index (χ3n) is 3.85. The van der Waals surface area contributed by atoms with Gasteiger partial charge in [-0.3, -0.25) is 0 Å². The van der Waals surface area contributed by atoms with Crippen LogP contribution < -0.4 is 10.2 Å². The number of rotatable bonds is 4. The van der Waals surface area contributed by atoms with Crippen LogP contribution in [0.3, 0.4) is 0 Å². The molecule has 1 aliphatic rings. The van der Waals surface area contributed by atoms with Crippen LogP contribution in [-0.2, 0) is 6.61 Å². The lowest BCUT2D eigenvalue weighted by atomic mass is 10.0. The lowest BCUT2D eigenvalue weighted by molar-refractivity contribution is 0.282. The van der Waals surface area contributed by atoms with E-state index in [1.165, 1.54) is 0 Å². The summed E-state index contributed by atoms with van der Waals surface area (Å²) in [7, 11) is 0. The SMILES string of the molecule is Cc1csc(N2CCC(Nc3cccc(CO)c3)CC2)n1. The highest BCUT2D eigenvalue weighted by atomic mass is 32.1. The van der Waals surface area contributed by atoms with Gasteiger partial charge >= 0.3 is 0 Å². The number of thiazole rings is 1. The lowest BCUT2D eigenvalue weighted by Gasteiger charge is -2.32. The number of nitrogens with one attached hydrogen (secondary N) is 1. The summed E-state index contributed by atoms with van der Waals surface area (Å²) >= 11 is 1.73. The molecule has 0 aliphatic carbocycles. The van der Waals surface area contributed by atoms with Crippen molar-refractivity contribution in [3.8, 4) is 0 Å². The van der Waals surface area contributed by atoms with Crippen LogP contribution in [0.15, 0.2) is 29.6 Å². The zero-order valence-electron chi connectivity index (χ0n) is 12.2. The first-order chi connectivity index (χ1) is 10.2. The zero-order valence-corrected chi connectivity index (χ0v) is 13.1. The molecule has 0 radical (unpaired) electrons. The van der Waals surface area contributed by atoms with Gasteiger partial charge in [-0.05, 0) is 37.5 Å². The number of aliphatic hydroxyl groups excluding tert-OH is 1. The van der Waals surface area contributed by atoms with Crippen molar-refractivity contribution in [3.63, 3.8) is 0 Å². The minimum atomic E-state index is 0.0946. The van der Waals surface area contributed by atoms with Crippen molar-refractivity contribution in [1.82, 2.24) is 4.98 Å². The molecule has 1 saturated heterocycles. The molecule has 1 fully saturated rings. The average molecular weight is 303 g/mol. The van der Waals surface area contributed by atoms with Crippen LogP contribution in [0.1, 0.15) is 24.1 Å². The van der Waals surface area contributed by atoms with Crippen LogP contribution in [-0.4, -0.2) is 29.2 Å². The van der Waals surface area contributed by atoms with Gasteiger partial charge in [-0.15, -0.1) is 11.3 Å². The second-order valence-electron chi connectivity index (χ2n) is 5.54. The number of hydrogen-bond donors (Lipinski definition) is 2. The monoisotopic (exact) mass is 303 g/mol. The average Bonchev–Trinajstić information content (AvgIpc) is 2.95. The minimum absolute atomic E-state index is 0.0946. The van der Waals surface area contributed by atoms with E-state index >= 15 is 0 Å². The summed E-state index contributed by atoms with van der Waals surface area (Å²) in [5, 5.41) is 16.0. The molecule has 5 heteroatoms. The van der Waals surface area contributed by atoms with E-state index in [2.05, 4.69) is 26.6 Å². The summed E-state index contributed by atoms with van der Waals surface area (Å²) in [6.07, 6.45) is 2.23. The van der Waals surface area contributed by atoms with Gasteiger partial charge in [0.1, 0.15) is 0 Å². The number of nitrogens with zero attached hydrogens (tertiary/aromatic N) is 2. The van der Waals surface area contributed by atoms with Crippen molar-refractivity contribution >= 4 is 22.2 Å². The number of aliphatic hydroxyl groups is 1. The Bertz CT molecular complexity index is 591. The van der Waals surface area contributed by atoms with E-state index in [-0.39, 0.29) is 6.61 Å². The first-order valence-corrected chi connectivity index (χ1v) is 8.26. The van der Waals surface area contributed by atoms with Crippen LogP contribution in [0, 0.1) is 6.92 Å². The van der Waals surface area contributed by atoms with E-state index in [0.717, 1.165) is 48.0 Å². The molecule has 112 valence electrons. The van der Waals surface area contributed by atoms with Crippen LogP contribution in [0.2, 0.25) is 0 Å². The standard InChI is InChI=1S/C16H21N3OS/c1-12-11-21-16(17-12)19-7-5-14(6-8-19)18-15-4-2-3-13(9-15)10-20/h2-4,9,11,14,18,20H,5-8,10H2,1H3. The molecule has 2 aromatic rings. The maximum absolute atomic E-state index is 9.19. The van der Waals surface area contributed by atoms with Gasteiger partial charge in [0.2, 0.25) is 0 Å². The van der Waals surface area contributed by atoms with Crippen molar-refractivity contribution in [2.24, 2.45) is 0 Å². The largest absolute Gasteiger partial charge is 0.392 e. The second kappa shape index (κ2) is 6.45. The fraction of sp³-hybridized carbons (Fsp3) is 0.438. The highest BCUT2D eigenvalue weighted by molar-refractivity contribution is 7.13. The predicted octanol–water partition coefficient (Wildman–Crippen LogP) is 3.02. The van der Waals surface area contributed by atoms with Crippen molar-refractivity contribution < 1.29 is 5.11 Å². The Morgan fingerprint density at radius 3 is 2.86 bits per heavy atom. The van der Waals surface area contributed by atoms with Gasteiger partial charge in [0.25, 0.3) is 0 Å². The maximum Gasteiger partial charge on any atom is 0.185 e. The minimum Gasteiger partial charge on any atom is -0.392 e. The molecule has 4 nitrogen and oxygen atoms in total. The van der Waals surface area contributed by atoms with Gasteiger partial charge in [0.05, 0.1) is 12.3 Å². The highest BCUT2D eigenvalue weighted by Gasteiger charge is 2.20. The lowest BCUT2D eigenvalue weighted by Crippen LogP contribution is -2.39. The molecule has 2 N–H and O–H groups in total. The Hall–Kier alpha value is -1.59. The van der Waals surface area contributed by atoms with Crippen molar-refractivity contribution in [2.75, 3.05) is 23.3 Å². The summed E-state index contributed by atoms with van der Waals surface area (Å²) in [5.41, 5.74) is 3.16. The third-order valence-corrected chi connectivity index (χ3v) is 4.87. The van der Waals surface area contributed by atoms with Gasteiger partial charge in [-0.2, -0.15) is 0 Å². The van der Waals surface area contributed by atoms with Crippen LogP contribution in [0.25, 0.3) is 0 Å². The highest BCUT2D eigenvalue weighted by Crippen LogP contribution is 2.25. The van der Waals surface area contributed by atoms with E-state index in [1.54, 1.807) is 11.3 Å². The van der Waals surface area contributed by atoms with Crippen molar-refractivity contribution in [1.29, 1.82) is 0 Å². The van der Waals surface area contributed by atoms with Crippen LogP contribution in [0.4, 0.5) is 10.8 Å². The smallest absolute Gasteiger partial charge is 0.185 e. The van der Waals surface area contributed by atoms with E-state index in [4.69, 9.17) is 0 Å². The normalized spacial score (nSPS) is 16.2. The van der Waals surface area contributed by atoms with E-state index in [0.29, 0.717) is 6.04 Å². The topological polar surface area (TPSA) is 48.4 Å². The zero-order chi connectivity index (χ0) is 14.7. The first-order valence-electron chi connectivity index (χ1n) is 7.38. The summed E-state index contributed by atoms with van der Waals surface area (Å²) < 4.78 is 0. The molecule has 1 aromatic heterocycles. The molecular formula is C16H21N3OS. The molecule has 1 aliphatic heterocycles.